The zero-order chi connectivity index (χ0) is 9.59. The Labute approximate surface area is 102 Å². The molecule has 0 spiro atoms. The summed E-state index contributed by atoms with van der Waals surface area (Å²) >= 11 is 11.6. The molecule has 2 aromatic rings. The molecule has 0 amide bonds. The Morgan fingerprint density at radius 3 is 3.00 bits per heavy atom. The SMILES string of the molecule is Cn1nnc2c(Br)c(Cl)cc(I)c21. The molecule has 0 aliphatic rings. The molecule has 3 nitrogen and oxygen atoms in total. The Bertz CT molecular complexity index is 482. The zero-order valence-corrected chi connectivity index (χ0v) is 11.1. The van der Waals surface area contributed by atoms with Gasteiger partial charge in [-0.25, -0.2) is 4.68 Å². The van der Waals surface area contributed by atoms with Gasteiger partial charge in [-0.05, 0) is 44.6 Å². The third-order valence-electron chi connectivity index (χ3n) is 1.72. The quantitative estimate of drug-likeness (QED) is 0.526. The van der Waals surface area contributed by atoms with E-state index in [1.807, 2.05) is 13.1 Å². The van der Waals surface area contributed by atoms with Gasteiger partial charge in [-0.1, -0.05) is 16.8 Å². The Balaban J connectivity index is 2.99. The zero-order valence-electron chi connectivity index (χ0n) is 6.55. The van der Waals surface area contributed by atoms with Crippen molar-refractivity contribution in [3.8, 4) is 0 Å². The Kier molecular flexibility index (Phi) is 2.50. The van der Waals surface area contributed by atoms with Gasteiger partial charge in [0.2, 0.25) is 0 Å². The molecule has 0 atom stereocenters. The molecule has 1 aromatic heterocycles. The van der Waals surface area contributed by atoms with Crippen molar-refractivity contribution in [1.82, 2.24) is 15.0 Å². The molecule has 0 saturated heterocycles. The van der Waals surface area contributed by atoms with E-state index in [0.29, 0.717) is 5.02 Å². The van der Waals surface area contributed by atoms with Crippen LogP contribution in [-0.2, 0) is 7.05 Å². The van der Waals surface area contributed by atoms with Crippen LogP contribution in [0, 0.1) is 3.57 Å². The summed E-state index contributed by atoms with van der Waals surface area (Å²) in [6.45, 7) is 0. The van der Waals surface area contributed by atoms with Gasteiger partial charge in [0.1, 0.15) is 11.0 Å². The average molecular weight is 372 g/mol. The third-order valence-corrected chi connectivity index (χ3v) is 3.88. The first-order valence-electron chi connectivity index (χ1n) is 3.44. The molecule has 2 rings (SSSR count). The van der Waals surface area contributed by atoms with Crippen LogP contribution in [0.15, 0.2) is 10.5 Å². The molecule has 0 aliphatic carbocycles. The van der Waals surface area contributed by atoms with Gasteiger partial charge in [0.25, 0.3) is 0 Å². The molecular weight excluding hydrogens is 368 g/mol. The minimum atomic E-state index is 0.664. The van der Waals surface area contributed by atoms with E-state index in [0.717, 1.165) is 19.1 Å². The predicted molar refractivity (Wildman–Crippen MR) is 63.9 cm³/mol. The lowest BCUT2D eigenvalue weighted by atomic mass is 10.3. The number of aryl methyl sites for hydroxylation is 1. The molecule has 0 N–H and O–H groups in total. The van der Waals surface area contributed by atoms with E-state index in [-0.39, 0.29) is 0 Å². The molecule has 0 saturated carbocycles. The van der Waals surface area contributed by atoms with Crippen LogP contribution in [-0.4, -0.2) is 15.0 Å². The van der Waals surface area contributed by atoms with Crippen molar-refractivity contribution in [2.45, 2.75) is 0 Å². The van der Waals surface area contributed by atoms with Crippen LogP contribution in [0.1, 0.15) is 0 Å². The maximum Gasteiger partial charge on any atom is 0.129 e. The molecule has 6 heteroatoms. The predicted octanol–water partition coefficient (Wildman–Crippen LogP) is 2.99. The first kappa shape index (κ1) is 9.67. The topological polar surface area (TPSA) is 30.7 Å². The van der Waals surface area contributed by atoms with E-state index in [9.17, 15) is 0 Å². The van der Waals surface area contributed by atoms with E-state index < -0.39 is 0 Å². The van der Waals surface area contributed by atoms with Crippen molar-refractivity contribution in [1.29, 1.82) is 0 Å². The molecule has 0 radical (unpaired) electrons. The minimum absolute atomic E-state index is 0.664. The molecule has 1 aromatic carbocycles. The van der Waals surface area contributed by atoms with Gasteiger partial charge in [0.05, 0.1) is 9.50 Å². The summed E-state index contributed by atoms with van der Waals surface area (Å²) in [6, 6.07) is 1.89. The van der Waals surface area contributed by atoms with Gasteiger partial charge < -0.3 is 0 Å². The van der Waals surface area contributed by atoms with E-state index in [1.54, 1.807) is 4.68 Å². The largest absolute Gasteiger partial charge is 0.247 e. The second-order valence-corrected chi connectivity index (χ2v) is 4.93. The highest BCUT2D eigenvalue weighted by molar-refractivity contribution is 14.1. The van der Waals surface area contributed by atoms with Crippen molar-refractivity contribution < 1.29 is 0 Å². The van der Waals surface area contributed by atoms with Crippen LogP contribution in [0.3, 0.4) is 0 Å². The van der Waals surface area contributed by atoms with E-state index >= 15 is 0 Å². The fourth-order valence-electron chi connectivity index (χ4n) is 1.13. The van der Waals surface area contributed by atoms with Gasteiger partial charge in [-0.2, -0.15) is 0 Å². The highest BCUT2D eigenvalue weighted by atomic mass is 127. The van der Waals surface area contributed by atoms with E-state index in [1.165, 1.54) is 0 Å². The summed E-state index contributed by atoms with van der Waals surface area (Å²) in [5.41, 5.74) is 1.80. The van der Waals surface area contributed by atoms with Gasteiger partial charge >= 0.3 is 0 Å². The second kappa shape index (κ2) is 3.36. The highest BCUT2D eigenvalue weighted by Crippen LogP contribution is 2.32. The lowest BCUT2D eigenvalue weighted by Crippen LogP contribution is -1.91. The number of aromatic nitrogens is 3. The van der Waals surface area contributed by atoms with Crippen molar-refractivity contribution in [3.63, 3.8) is 0 Å². The number of halogens is 3. The minimum Gasteiger partial charge on any atom is -0.247 e. The van der Waals surface area contributed by atoms with Gasteiger partial charge in [-0.15, -0.1) is 5.10 Å². The molecule has 0 bridgehead atoms. The molecular formula is C7H4BrClIN3. The van der Waals surface area contributed by atoms with Crippen LogP contribution in [0.4, 0.5) is 0 Å². The summed E-state index contributed by atoms with van der Waals surface area (Å²) in [5, 5.41) is 8.61. The maximum atomic E-state index is 5.97. The number of rotatable bonds is 0. The first-order valence-corrected chi connectivity index (χ1v) is 5.69. The third kappa shape index (κ3) is 1.46. The molecule has 13 heavy (non-hydrogen) atoms. The van der Waals surface area contributed by atoms with Gasteiger partial charge in [0.15, 0.2) is 0 Å². The number of hydrogen-bond acceptors (Lipinski definition) is 2. The van der Waals surface area contributed by atoms with Gasteiger partial charge in [0, 0.05) is 10.6 Å². The Morgan fingerprint density at radius 1 is 1.62 bits per heavy atom. The Morgan fingerprint density at radius 2 is 2.31 bits per heavy atom. The molecule has 1 heterocycles. The number of benzene rings is 1. The summed E-state index contributed by atoms with van der Waals surface area (Å²) in [5.74, 6) is 0. The van der Waals surface area contributed by atoms with E-state index in [2.05, 4.69) is 48.8 Å². The van der Waals surface area contributed by atoms with Crippen molar-refractivity contribution in [2.24, 2.45) is 7.05 Å². The van der Waals surface area contributed by atoms with Crippen molar-refractivity contribution in [3.05, 3.63) is 19.1 Å². The summed E-state index contributed by atoms with van der Waals surface area (Å²) in [7, 11) is 1.86. The second-order valence-electron chi connectivity index (χ2n) is 2.56. The molecule has 68 valence electrons. The summed E-state index contributed by atoms with van der Waals surface area (Å²) < 4.78 is 3.59. The van der Waals surface area contributed by atoms with Crippen LogP contribution < -0.4 is 0 Å². The summed E-state index contributed by atoms with van der Waals surface area (Å²) in [6.07, 6.45) is 0. The van der Waals surface area contributed by atoms with Gasteiger partial charge in [-0.3, -0.25) is 0 Å². The smallest absolute Gasteiger partial charge is 0.129 e. The first-order chi connectivity index (χ1) is 6.11. The molecule has 0 unspecified atom stereocenters. The lowest BCUT2D eigenvalue weighted by molar-refractivity contribution is 0.735. The van der Waals surface area contributed by atoms with Crippen LogP contribution in [0.2, 0.25) is 5.02 Å². The fourth-order valence-corrected chi connectivity index (χ4v) is 2.81. The van der Waals surface area contributed by atoms with E-state index in [4.69, 9.17) is 11.6 Å². The average Bonchev–Trinajstić information content (AvgIpc) is 2.44. The van der Waals surface area contributed by atoms with Crippen LogP contribution >= 0.6 is 50.1 Å². The number of fused-ring (bicyclic) bond motifs is 1. The van der Waals surface area contributed by atoms with Crippen LogP contribution in [0.25, 0.3) is 11.0 Å². The van der Waals surface area contributed by atoms with Crippen molar-refractivity contribution in [2.75, 3.05) is 0 Å². The molecule has 0 fully saturated rings. The lowest BCUT2D eigenvalue weighted by Gasteiger charge is -1.99. The normalized spacial score (nSPS) is 11.1. The fraction of sp³-hybridized carbons (Fsp3) is 0.143. The number of nitrogens with zero attached hydrogens (tertiary/aromatic N) is 3. The maximum absolute atomic E-state index is 5.97. The highest BCUT2D eigenvalue weighted by Gasteiger charge is 2.12. The van der Waals surface area contributed by atoms with Crippen LogP contribution in [0.5, 0.6) is 0 Å². The van der Waals surface area contributed by atoms with Crippen molar-refractivity contribution >= 4 is 61.2 Å². The molecule has 0 aliphatic heterocycles. The number of hydrogen-bond donors (Lipinski definition) is 0. The standard InChI is InChI=1S/C7H4BrClIN3/c1-13-7-4(10)2-3(9)5(8)6(7)11-12-13/h2H,1H3. The Hall–Kier alpha value is 0.120. The summed E-state index contributed by atoms with van der Waals surface area (Å²) in [4.78, 5) is 0. The monoisotopic (exact) mass is 371 g/mol.